The number of sulfonamides is 1. The molecule has 0 fully saturated rings. The highest BCUT2D eigenvalue weighted by atomic mass is 32.2. The fraction of sp³-hybridized carbons (Fsp3) is 0.238. The van der Waals surface area contributed by atoms with Crippen LogP contribution in [-0.4, -0.2) is 39.6 Å². The summed E-state index contributed by atoms with van der Waals surface area (Å²) in [5, 5.41) is 17.2. The van der Waals surface area contributed by atoms with E-state index in [9.17, 15) is 12.8 Å². The molecule has 9 nitrogen and oxygen atoms in total. The van der Waals surface area contributed by atoms with Crippen molar-refractivity contribution < 1.29 is 17.2 Å². The number of hydrogen-bond donors (Lipinski definition) is 0. The van der Waals surface area contributed by atoms with Gasteiger partial charge in [-0.2, -0.15) is 0 Å². The first-order valence-electron chi connectivity index (χ1n) is 10.0. The first kappa shape index (κ1) is 22.9. The quantitative estimate of drug-likeness (QED) is 0.328. The van der Waals surface area contributed by atoms with Crippen LogP contribution in [0.25, 0.3) is 11.5 Å². The van der Waals surface area contributed by atoms with Crippen LogP contribution in [0.2, 0.25) is 0 Å². The van der Waals surface area contributed by atoms with Crippen LogP contribution in [0.5, 0.6) is 0 Å². The maximum Gasteiger partial charge on any atom is 0.247 e. The Morgan fingerprint density at radius 2 is 1.76 bits per heavy atom. The monoisotopic (exact) mass is 488 g/mol. The Morgan fingerprint density at radius 3 is 2.42 bits per heavy atom. The number of hydrogen-bond acceptors (Lipinski definition) is 8. The van der Waals surface area contributed by atoms with Gasteiger partial charge in [0.2, 0.25) is 21.8 Å². The van der Waals surface area contributed by atoms with Crippen molar-refractivity contribution in [2.45, 2.75) is 30.9 Å². The molecule has 2 aromatic heterocycles. The van der Waals surface area contributed by atoms with Crippen molar-refractivity contribution in [3.8, 4) is 11.5 Å². The van der Waals surface area contributed by atoms with Crippen molar-refractivity contribution in [1.29, 1.82) is 0 Å². The lowest BCUT2D eigenvalue weighted by atomic mass is 10.2. The number of benzene rings is 2. The van der Waals surface area contributed by atoms with E-state index in [2.05, 4.69) is 20.4 Å². The minimum Gasteiger partial charge on any atom is -0.420 e. The third kappa shape index (κ3) is 5.40. The number of rotatable bonds is 9. The van der Waals surface area contributed by atoms with Crippen LogP contribution in [0.15, 0.2) is 64.2 Å². The first-order valence-corrected chi connectivity index (χ1v) is 12.8. The molecule has 4 rings (SSSR count). The molecule has 4 aromatic rings. The van der Waals surface area contributed by atoms with Crippen LogP contribution < -0.4 is 4.31 Å². The van der Waals surface area contributed by atoms with E-state index in [-0.39, 0.29) is 6.54 Å². The van der Waals surface area contributed by atoms with E-state index in [4.69, 9.17) is 4.42 Å². The van der Waals surface area contributed by atoms with E-state index in [0.29, 0.717) is 40.7 Å². The van der Waals surface area contributed by atoms with E-state index in [0.717, 1.165) is 11.8 Å². The Bertz CT molecular complexity index is 1320. The molecular formula is C21H21FN6O3S2. The molecule has 2 aromatic carbocycles. The van der Waals surface area contributed by atoms with Gasteiger partial charge in [-0.25, -0.2) is 12.8 Å². The van der Waals surface area contributed by atoms with Crippen molar-refractivity contribution >= 4 is 27.5 Å². The molecule has 33 heavy (non-hydrogen) atoms. The van der Waals surface area contributed by atoms with Gasteiger partial charge in [-0.15, -0.1) is 20.4 Å². The van der Waals surface area contributed by atoms with Gasteiger partial charge in [0.1, 0.15) is 5.82 Å². The van der Waals surface area contributed by atoms with Gasteiger partial charge in [0, 0.05) is 12.1 Å². The fourth-order valence-corrected chi connectivity index (χ4v) is 4.84. The highest BCUT2D eigenvalue weighted by Gasteiger charge is 2.22. The van der Waals surface area contributed by atoms with Crippen LogP contribution in [0.3, 0.4) is 0 Å². The fourth-order valence-electron chi connectivity index (χ4n) is 3.13. The van der Waals surface area contributed by atoms with Gasteiger partial charge < -0.3 is 8.98 Å². The highest BCUT2D eigenvalue weighted by molar-refractivity contribution is 7.98. The average molecular weight is 489 g/mol. The Hall–Kier alpha value is -3.25. The summed E-state index contributed by atoms with van der Waals surface area (Å²) in [6.45, 7) is 2.41. The molecule has 0 bridgehead atoms. The Balaban J connectivity index is 1.51. The van der Waals surface area contributed by atoms with E-state index in [1.54, 1.807) is 0 Å². The van der Waals surface area contributed by atoms with Crippen molar-refractivity contribution in [3.05, 3.63) is 72.1 Å². The minimum absolute atomic E-state index is 0.0371. The molecule has 0 spiro atoms. The topological polar surface area (TPSA) is 107 Å². The summed E-state index contributed by atoms with van der Waals surface area (Å²) in [6.07, 6.45) is 1.10. The van der Waals surface area contributed by atoms with Crippen LogP contribution >= 0.6 is 11.8 Å². The summed E-state index contributed by atoms with van der Waals surface area (Å²) in [5.41, 5.74) is 1.18. The second-order valence-electron chi connectivity index (χ2n) is 7.04. The molecule has 0 saturated heterocycles. The molecule has 2 heterocycles. The second kappa shape index (κ2) is 9.71. The van der Waals surface area contributed by atoms with Crippen molar-refractivity contribution in [2.24, 2.45) is 0 Å². The third-order valence-electron chi connectivity index (χ3n) is 4.72. The summed E-state index contributed by atoms with van der Waals surface area (Å²) >= 11 is 1.36. The smallest absolute Gasteiger partial charge is 0.247 e. The molecule has 172 valence electrons. The van der Waals surface area contributed by atoms with E-state index in [1.807, 2.05) is 41.8 Å². The summed E-state index contributed by atoms with van der Waals surface area (Å²) in [7, 11) is -3.63. The van der Waals surface area contributed by atoms with E-state index >= 15 is 0 Å². The van der Waals surface area contributed by atoms with Crippen molar-refractivity contribution in [2.75, 3.05) is 10.6 Å². The second-order valence-corrected chi connectivity index (χ2v) is 9.89. The van der Waals surface area contributed by atoms with Crippen molar-refractivity contribution in [1.82, 2.24) is 25.0 Å². The molecule has 0 amide bonds. The number of nitrogens with zero attached hydrogens (tertiary/aromatic N) is 6. The number of thioether (sulfide) groups is 1. The Morgan fingerprint density at radius 1 is 1.03 bits per heavy atom. The largest absolute Gasteiger partial charge is 0.420 e. The first-order chi connectivity index (χ1) is 15.8. The van der Waals surface area contributed by atoms with Crippen LogP contribution in [-0.2, 0) is 28.9 Å². The van der Waals surface area contributed by atoms with Gasteiger partial charge in [-0.3, -0.25) is 4.31 Å². The summed E-state index contributed by atoms with van der Waals surface area (Å²) in [5.74, 6) is 1.28. The molecule has 0 saturated carbocycles. The number of halogens is 1. The third-order valence-corrected chi connectivity index (χ3v) is 6.81. The molecule has 0 aliphatic heterocycles. The van der Waals surface area contributed by atoms with Crippen LogP contribution in [0, 0.1) is 5.82 Å². The maximum atomic E-state index is 13.3. The standard InChI is InChI=1S/C21H21FN6O3S2/c1-3-27-18(13-28(33(2,29)30)17-11-9-16(22)10-12-17)23-26-21(27)32-14-19-24-25-20(31-19)15-7-5-4-6-8-15/h4-12H,3,13-14H2,1-2H3. The number of aromatic nitrogens is 5. The molecule has 12 heteroatoms. The molecule has 0 aliphatic rings. The predicted octanol–water partition coefficient (Wildman–Crippen LogP) is 3.75. The predicted molar refractivity (Wildman–Crippen MR) is 122 cm³/mol. The Kier molecular flexibility index (Phi) is 6.75. The summed E-state index contributed by atoms with van der Waals surface area (Å²) in [4.78, 5) is 0. The average Bonchev–Trinajstić information content (AvgIpc) is 3.43. The SMILES string of the molecule is CCn1c(CN(c2ccc(F)cc2)S(C)(=O)=O)nnc1SCc1nnc(-c2ccccc2)o1. The molecule has 0 aliphatic carbocycles. The Labute approximate surface area is 194 Å². The van der Waals surface area contributed by atoms with Gasteiger partial charge in [0.25, 0.3) is 0 Å². The van der Waals surface area contributed by atoms with Gasteiger partial charge in [0.05, 0.1) is 24.2 Å². The van der Waals surface area contributed by atoms with Gasteiger partial charge in [0.15, 0.2) is 11.0 Å². The zero-order valence-corrected chi connectivity index (χ0v) is 19.6. The van der Waals surface area contributed by atoms with Crippen LogP contribution in [0.4, 0.5) is 10.1 Å². The summed E-state index contributed by atoms with van der Waals surface area (Å²) < 4.78 is 46.8. The zero-order valence-electron chi connectivity index (χ0n) is 17.9. The molecule has 0 atom stereocenters. The summed E-state index contributed by atoms with van der Waals surface area (Å²) in [6, 6.07) is 14.7. The van der Waals surface area contributed by atoms with E-state index in [1.165, 1.54) is 40.3 Å². The van der Waals surface area contributed by atoms with Crippen molar-refractivity contribution in [3.63, 3.8) is 0 Å². The molecular weight excluding hydrogens is 467 g/mol. The zero-order chi connectivity index (χ0) is 23.4. The lowest BCUT2D eigenvalue weighted by Crippen LogP contribution is -2.30. The number of anilines is 1. The lowest BCUT2D eigenvalue weighted by Gasteiger charge is -2.22. The minimum atomic E-state index is -3.63. The van der Waals surface area contributed by atoms with Gasteiger partial charge in [-0.1, -0.05) is 30.0 Å². The lowest BCUT2D eigenvalue weighted by molar-refractivity contribution is 0.528. The van der Waals surface area contributed by atoms with Gasteiger partial charge >= 0.3 is 0 Å². The van der Waals surface area contributed by atoms with E-state index < -0.39 is 15.8 Å². The highest BCUT2D eigenvalue weighted by Crippen LogP contribution is 2.26. The molecule has 0 radical (unpaired) electrons. The molecule has 0 N–H and O–H groups in total. The normalized spacial score (nSPS) is 11.6. The maximum absolute atomic E-state index is 13.3. The van der Waals surface area contributed by atoms with Gasteiger partial charge in [-0.05, 0) is 43.3 Å². The van der Waals surface area contributed by atoms with Crippen LogP contribution in [0.1, 0.15) is 18.6 Å². The molecule has 0 unspecified atom stereocenters.